The molecule has 0 bridgehead atoms. The first kappa shape index (κ1) is 12.3. The number of aromatic nitrogens is 5. The lowest BCUT2D eigenvalue weighted by Gasteiger charge is -2.04. The van der Waals surface area contributed by atoms with Crippen molar-refractivity contribution in [1.82, 2.24) is 24.7 Å². The van der Waals surface area contributed by atoms with Crippen LogP contribution < -0.4 is 0 Å². The summed E-state index contributed by atoms with van der Waals surface area (Å²) in [6.07, 6.45) is 3.40. The molecule has 0 radical (unpaired) electrons. The van der Waals surface area contributed by atoms with Gasteiger partial charge in [-0.25, -0.2) is 4.68 Å². The minimum atomic E-state index is 0.137. The van der Waals surface area contributed by atoms with E-state index in [1.165, 1.54) is 4.68 Å². The molecule has 0 saturated heterocycles. The predicted molar refractivity (Wildman–Crippen MR) is 75.1 cm³/mol. The normalized spacial score (nSPS) is 10.6. The maximum Gasteiger partial charge on any atom is 0.255 e. The monoisotopic (exact) mass is 335 g/mol. The van der Waals surface area contributed by atoms with Crippen molar-refractivity contribution in [1.29, 1.82) is 0 Å². The lowest BCUT2D eigenvalue weighted by molar-refractivity contribution is 0.798. The van der Waals surface area contributed by atoms with Crippen molar-refractivity contribution in [3.63, 3.8) is 0 Å². The zero-order valence-electron chi connectivity index (χ0n) is 9.53. The molecule has 0 unspecified atom stereocenters. The van der Waals surface area contributed by atoms with Crippen LogP contribution >= 0.6 is 27.5 Å². The summed E-state index contributed by atoms with van der Waals surface area (Å²) < 4.78 is 2.53. The fourth-order valence-corrected chi connectivity index (χ4v) is 1.98. The third-order valence-electron chi connectivity index (χ3n) is 2.41. The Morgan fingerprint density at radius 3 is 2.53 bits per heavy atom. The Balaban J connectivity index is 2.10. The van der Waals surface area contributed by atoms with E-state index in [9.17, 15) is 0 Å². The molecule has 0 atom stereocenters. The summed E-state index contributed by atoms with van der Waals surface area (Å²) in [7, 11) is 0. The lowest BCUT2D eigenvalue weighted by atomic mass is 10.2. The molecule has 0 aliphatic rings. The van der Waals surface area contributed by atoms with E-state index in [1.54, 1.807) is 18.5 Å². The van der Waals surface area contributed by atoms with Crippen LogP contribution in [0.3, 0.4) is 0 Å². The Kier molecular flexibility index (Phi) is 3.27. The molecule has 2 heterocycles. The van der Waals surface area contributed by atoms with Crippen molar-refractivity contribution in [2.45, 2.75) is 0 Å². The summed E-state index contributed by atoms with van der Waals surface area (Å²) in [5.74, 6) is 0.904. The summed E-state index contributed by atoms with van der Waals surface area (Å²) in [6.45, 7) is 0. The summed E-state index contributed by atoms with van der Waals surface area (Å²) in [6, 6.07) is 9.43. The van der Waals surface area contributed by atoms with E-state index in [1.807, 2.05) is 24.3 Å². The molecule has 7 heteroatoms. The van der Waals surface area contributed by atoms with Crippen molar-refractivity contribution in [3.8, 4) is 17.3 Å². The van der Waals surface area contributed by atoms with Gasteiger partial charge in [0.1, 0.15) is 0 Å². The van der Waals surface area contributed by atoms with Gasteiger partial charge >= 0.3 is 0 Å². The maximum atomic E-state index is 5.94. The molecular formula is C12H7BrClN5. The van der Waals surface area contributed by atoms with Gasteiger partial charge in [-0.1, -0.05) is 28.1 Å². The van der Waals surface area contributed by atoms with Crippen molar-refractivity contribution in [3.05, 3.63) is 52.5 Å². The maximum absolute atomic E-state index is 5.94. The number of hydrogen-bond donors (Lipinski definition) is 0. The number of rotatable bonds is 2. The van der Waals surface area contributed by atoms with E-state index in [0.29, 0.717) is 11.8 Å². The first-order valence-corrected chi connectivity index (χ1v) is 6.57. The molecule has 0 aliphatic carbocycles. The molecule has 94 valence electrons. The molecule has 5 nitrogen and oxygen atoms in total. The van der Waals surface area contributed by atoms with Crippen LogP contribution in [0.1, 0.15) is 0 Å². The summed E-state index contributed by atoms with van der Waals surface area (Å²) in [4.78, 5) is 12.5. The highest BCUT2D eigenvalue weighted by atomic mass is 79.9. The smallest absolute Gasteiger partial charge is 0.206 e. The van der Waals surface area contributed by atoms with Crippen molar-refractivity contribution in [2.24, 2.45) is 0 Å². The van der Waals surface area contributed by atoms with Gasteiger partial charge in [-0.3, -0.25) is 0 Å². The number of halogens is 2. The average Bonchev–Trinajstić information content (AvgIpc) is 2.93. The lowest BCUT2D eigenvalue weighted by Crippen LogP contribution is -2.04. The molecule has 3 rings (SSSR count). The van der Waals surface area contributed by atoms with Gasteiger partial charge in [0, 0.05) is 22.4 Å². The van der Waals surface area contributed by atoms with Crippen LogP contribution in [0, 0.1) is 0 Å². The summed E-state index contributed by atoms with van der Waals surface area (Å²) in [5, 5.41) is 4.21. The molecule has 3 aromatic rings. The molecule has 0 amide bonds. The van der Waals surface area contributed by atoms with Gasteiger partial charge in [0.25, 0.3) is 5.95 Å². The third kappa shape index (κ3) is 2.64. The zero-order valence-corrected chi connectivity index (χ0v) is 11.9. The zero-order chi connectivity index (χ0) is 13.2. The molecule has 0 aliphatic heterocycles. The van der Waals surface area contributed by atoms with Crippen LogP contribution in [0.25, 0.3) is 17.3 Å². The highest BCUT2D eigenvalue weighted by Gasteiger charge is 2.08. The fourth-order valence-electron chi connectivity index (χ4n) is 1.56. The largest absolute Gasteiger partial charge is 0.255 e. The Morgan fingerprint density at radius 1 is 1.05 bits per heavy atom. The van der Waals surface area contributed by atoms with Crippen molar-refractivity contribution in [2.75, 3.05) is 0 Å². The van der Waals surface area contributed by atoms with Gasteiger partial charge in [0.2, 0.25) is 5.28 Å². The highest BCUT2D eigenvalue weighted by Crippen LogP contribution is 2.20. The van der Waals surface area contributed by atoms with Crippen LogP contribution in [-0.2, 0) is 0 Å². The third-order valence-corrected chi connectivity index (χ3v) is 3.11. The molecular weight excluding hydrogens is 330 g/mol. The number of nitrogens with zero attached hydrogens (tertiary/aromatic N) is 5. The van der Waals surface area contributed by atoms with Crippen LogP contribution in [0.4, 0.5) is 0 Å². The second-order valence-corrected chi connectivity index (χ2v) is 4.94. The Hall–Kier alpha value is -1.79. The van der Waals surface area contributed by atoms with E-state index in [4.69, 9.17) is 11.6 Å². The quantitative estimate of drug-likeness (QED) is 0.721. The highest BCUT2D eigenvalue weighted by molar-refractivity contribution is 9.10. The molecule has 0 N–H and O–H groups in total. The van der Waals surface area contributed by atoms with E-state index < -0.39 is 0 Å². The van der Waals surface area contributed by atoms with Crippen molar-refractivity contribution >= 4 is 27.5 Å². The van der Waals surface area contributed by atoms with Crippen molar-refractivity contribution < 1.29 is 0 Å². The van der Waals surface area contributed by atoms with E-state index in [-0.39, 0.29) is 5.28 Å². The van der Waals surface area contributed by atoms with Crippen LogP contribution in [0.5, 0.6) is 0 Å². The first-order valence-electron chi connectivity index (χ1n) is 5.40. The topological polar surface area (TPSA) is 56.5 Å². The van der Waals surface area contributed by atoms with Gasteiger partial charge < -0.3 is 0 Å². The van der Waals surface area contributed by atoms with Gasteiger partial charge in [-0.15, -0.1) is 0 Å². The number of hydrogen-bond acceptors (Lipinski definition) is 4. The first-order chi connectivity index (χ1) is 9.22. The standard InChI is InChI=1S/C12H7BrClN5/c13-9-4-2-8(3-5-9)10-16-11(14)18-12(17-10)19-7-1-6-15-19/h1-7H. The second kappa shape index (κ2) is 5.07. The Labute approximate surface area is 122 Å². The fraction of sp³-hybridized carbons (Fsp3) is 0. The number of benzene rings is 1. The van der Waals surface area contributed by atoms with Gasteiger partial charge in [-0.2, -0.15) is 20.1 Å². The molecule has 0 fully saturated rings. The molecule has 0 saturated carbocycles. The predicted octanol–water partition coefficient (Wildman–Crippen LogP) is 3.14. The van der Waals surface area contributed by atoms with Crippen LogP contribution in [0.2, 0.25) is 5.28 Å². The van der Waals surface area contributed by atoms with E-state index in [2.05, 4.69) is 36.0 Å². The molecule has 0 spiro atoms. The van der Waals surface area contributed by atoms with E-state index >= 15 is 0 Å². The van der Waals surface area contributed by atoms with Gasteiger partial charge in [0.05, 0.1) is 0 Å². The SMILES string of the molecule is Clc1nc(-c2ccc(Br)cc2)nc(-n2cccn2)n1. The van der Waals surface area contributed by atoms with Gasteiger partial charge in [0.15, 0.2) is 5.82 Å². The van der Waals surface area contributed by atoms with Crippen LogP contribution in [0.15, 0.2) is 47.2 Å². The van der Waals surface area contributed by atoms with E-state index in [0.717, 1.165) is 10.0 Å². The van der Waals surface area contributed by atoms with Crippen LogP contribution in [-0.4, -0.2) is 24.7 Å². The molecule has 2 aromatic heterocycles. The summed E-state index contributed by atoms with van der Waals surface area (Å²) >= 11 is 9.32. The summed E-state index contributed by atoms with van der Waals surface area (Å²) in [5.41, 5.74) is 0.862. The molecule has 1 aromatic carbocycles. The minimum absolute atomic E-state index is 0.137. The average molecular weight is 337 g/mol. The molecule has 19 heavy (non-hydrogen) atoms. The second-order valence-electron chi connectivity index (χ2n) is 3.69. The Morgan fingerprint density at radius 2 is 1.84 bits per heavy atom. The minimum Gasteiger partial charge on any atom is -0.206 e. The Bertz CT molecular complexity index is 697. The van der Waals surface area contributed by atoms with Gasteiger partial charge in [-0.05, 0) is 29.8 Å².